The maximum absolute atomic E-state index is 11.7. The summed E-state index contributed by atoms with van der Waals surface area (Å²) in [6, 6.07) is 4.34. The Bertz CT molecular complexity index is 720. The van der Waals surface area contributed by atoms with Gasteiger partial charge >= 0.3 is 5.97 Å². The molecule has 0 aliphatic carbocycles. The Kier molecular flexibility index (Phi) is 5.89. The van der Waals surface area contributed by atoms with Crippen LogP contribution in [0.5, 0.6) is 0 Å². The van der Waals surface area contributed by atoms with Crippen molar-refractivity contribution in [3.05, 3.63) is 33.8 Å². The first-order chi connectivity index (χ1) is 10.7. The minimum atomic E-state index is -3.07. The van der Waals surface area contributed by atoms with Gasteiger partial charge in [-0.05, 0) is 24.1 Å². The smallest absolute Gasteiger partial charge is 0.310 e. The minimum absolute atomic E-state index is 0.0397. The van der Waals surface area contributed by atoms with Crippen LogP contribution in [0.3, 0.4) is 0 Å². The molecule has 0 aromatic heterocycles. The third-order valence-electron chi connectivity index (χ3n) is 3.29. The molecule has 1 amide bonds. The van der Waals surface area contributed by atoms with Crippen molar-refractivity contribution in [2.24, 2.45) is 0 Å². The summed E-state index contributed by atoms with van der Waals surface area (Å²) < 4.78 is 27.4. The van der Waals surface area contributed by atoms with Crippen LogP contribution in [-0.4, -0.2) is 44.4 Å². The molecule has 23 heavy (non-hydrogen) atoms. The van der Waals surface area contributed by atoms with Crippen molar-refractivity contribution in [2.75, 3.05) is 18.1 Å². The first-order valence-corrected chi connectivity index (χ1v) is 9.42. The molecule has 2 rings (SSSR count). The Morgan fingerprint density at radius 1 is 1.26 bits per heavy atom. The molecule has 1 aliphatic heterocycles. The molecule has 1 aromatic carbocycles. The van der Waals surface area contributed by atoms with Crippen LogP contribution in [0.1, 0.15) is 12.0 Å². The number of nitrogens with one attached hydrogen (secondary N) is 1. The quantitative estimate of drug-likeness (QED) is 0.780. The van der Waals surface area contributed by atoms with E-state index in [0.717, 1.165) is 0 Å². The summed E-state index contributed by atoms with van der Waals surface area (Å²) in [4.78, 5) is 23.3. The highest BCUT2D eigenvalue weighted by Crippen LogP contribution is 2.22. The Morgan fingerprint density at radius 2 is 2.00 bits per heavy atom. The molecule has 1 saturated heterocycles. The van der Waals surface area contributed by atoms with Gasteiger partial charge in [0.1, 0.15) is 0 Å². The van der Waals surface area contributed by atoms with Gasteiger partial charge in [0.25, 0.3) is 5.91 Å². The highest BCUT2D eigenvalue weighted by molar-refractivity contribution is 7.91. The molecule has 0 saturated carbocycles. The van der Waals surface area contributed by atoms with E-state index in [0.29, 0.717) is 22.0 Å². The summed E-state index contributed by atoms with van der Waals surface area (Å²) in [7, 11) is -3.07. The van der Waals surface area contributed by atoms with Gasteiger partial charge < -0.3 is 10.1 Å². The number of rotatable bonds is 5. The van der Waals surface area contributed by atoms with Crippen LogP contribution in [0.25, 0.3) is 0 Å². The van der Waals surface area contributed by atoms with Crippen molar-refractivity contribution in [3.63, 3.8) is 0 Å². The number of esters is 1. The predicted octanol–water partition coefficient (Wildman–Crippen LogP) is 1.38. The lowest BCUT2D eigenvalue weighted by Crippen LogP contribution is -2.38. The van der Waals surface area contributed by atoms with E-state index < -0.39 is 34.4 Å². The molecular weight excluding hydrogens is 365 g/mol. The second kappa shape index (κ2) is 7.51. The third-order valence-corrected chi connectivity index (χ3v) is 5.80. The molecule has 1 atom stereocenters. The van der Waals surface area contributed by atoms with E-state index in [9.17, 15) is 18.0 Å². The predicted molar refractivity (Wildman–Crippen MR) is 86.3 cm³/mol. The van der Waals surface area contributed by atoms with Crippen molar-refractivity contribution in [1.29, 1.82) is 0 Å². The number of halogens is 2. The lowest BCUT2D eigenvalue weighted by atomic mass is 10.1. The molecule has 1 N–H and O–H groups in total. The summed E-state index contributed by atoms with van der Waals surface area (Å²) >= 11 is 11.6. The summed E-state index contributed by atoms with van der Waals surface area (Å²) in [6.07, 6.45) is 0.341. The van der Waals surface area contributed by atoms with Crippen molar-refractivity contribution < 1.29 is 22.7 Å². The third kappa shape index (κ3) is 5.67. The number of sulfone groups is 1. The van der Waals surface area contributed by atoms with Gasteiger partial charge in [-0.3, -0.25) is 9.59 Å². The maximum Gasteiger partial charge on any atom is 0.310 e. The van der Waals surface area contributed by atoms with E-state index in [2.05, 4.69) is 5.32 Å². The molecule has 1 aliphatic rings. The van der Waals surface area contributed by atoms with Gasteiger partial charge in [-0.15, -0.1) is 0 Å². The molecule has 126 valence electrons. The lowest BCUT2D eigenvalue weighted by Gasteiger charge is -2.11. The largest absolute Gasteiger partial charge is 0.455 e. The van der Waals surface area contributed by atoms with Gasteiger partial charge in [0.2, 0.25) is 0 Å². The van der Waals surface area contributed by atoms with E-state index in [1.807, 2.05) is 0 Å². The molecule has 9 heteroatoms. The van der Waals surface area contributed by atoms with E-state index >= 15 is 0 Å². The van der Waals surface area contributed by atoms with Gasteiger partial charge in [0.15, 0.2) is 16.4 Å². The fourth-order valence-electron chi connectivity index (χ4n) is 2.19. The molecule has 1 heterocycles. The fourth-order valence-corrected chi connectivity index (χ4v) is 4.19. The molecular formula is C14H15Cl2NO5S. The number of benzene rings is 1. The topological polar surface area (TPSA) is 89.5 Å². The standard InChI is InChI=1S/C14H15Cl2NO5S/c15-11-2-1-9(5-12(11)16)6-14(19)22-7-13(18)17-10-3-4-23(20,21)8-10/h1-2,5,10H,3-4,6-8H2,(H,17,18)/t10-/m0/s1. The first kappa shape index (κ1) is 18.0. The first-order valence-electron chi connectivity index (χ1n) is 6.84. The Morgan fingerprint density at radius 3 is 2.61 bits per heavy atom. The summed E-state index contributed by atoms with van der Waals surface area (Å²) in [5.41, 5.74) is 0.617. The SMILES string of the molecule is O=C(COC(=O)Cc1ccc(Cl)c(Cl)c1)N[C@H]1CCS(=O)(=O)C1. The van der Waals surface area contributed by atoms with Crippen molar-refractivity contribution in [3.8, 4) is 0 Å². The Labute approximate surface area is 144 Å². The minimum Gasteiger partial charge on any atom is -0.455 e. The normalized spacial score (nSPS) is 19.3. The van der Waals surface area contributed by atoms with Crippen LogP contribution in [0.15, 0.2) is 18.2 Å². The molecule has 0 radical (unpaired) electrons. The monoisotopic (exact) mass is 379 g/mol. The van der Waals surface area contributed by atoms with Gasteiger partial charge in [-0.1, -0.05) is 29.3 Å². The molecule has 6 nitrogen and oxygen atoms in total. The molecule has 0 bridgehead atoms. The summed E-state index contributed by atoms with van der Waals surface area (Å²) in [5.74, 6) is -1.11. The molecule has 0 spiro atoms. The van der Waals surface area contributed by atoms with Crippen molar-refractivity contribution >= 4 is 44.9 Å². The second-order valence-corrected chi connectivity index (χ2v) is 8.30. The van der Waals surface area contributed by atoms with Gasteiger partial charge in [-0.25, -0.2) is 8.42 Å². The van der Waals surface area contributed by atoms with Crippen molar-refractivity contribution in [2.45, 2.75) is 18.9 Å². The second-order valence-electron chi connectivity index (χ2n) is 5.25. The van der Waals surface area contributed by atoms with Crippen LogP contribution >= 0.6 is 23.2 Å². The van der Waals surface area contributed by atoms with E-state index in [-0.39, 0.29) is 17.9 Å². The van der Waals surface area contributed by atoms with Crippen molar-refractivity contribution in [1.82, 2.24) is 5.32 Å². The van der Waals surface area contributed by atoms with Crippen LogP contribution < -0.4 is 5.32 Å². The van der Waals surface area contributed by atoms with Crippen LogP contribution in [0.4, 0.5) is 0 Å². The molecule has 1 fully saturated rings. The number of carbonyl (C=O) groups is 2. The van der Waals surface area contributed by atoms with Gasteiger partial charge in [-0.2, -0.15) is 0 Å². The average Bonchev–Trinajstić information content (AvgIpc) is 2.80. The zero-order valence-electron chi connectivity index (χ0n) is 12.1. The number of hydrogen-bond acceptors (Lipinski definition) is 5. The van der Waals surface area contributed by atoms with Gasteiger partial charge in [0, 0.05) is 6.04 Å². The number of ether oxygens (including phenoxy) is 1. The highest BCUT2D eigenvalue weighted by Gasteiger charge is 2.29. The lowest BCUT2D eigenvalue weighted by molar-refractivity contribution is -0.148. The maximum atomic E-state index is 11.7. The van der Waals surface area contributed by atoms with E-state index in [1.165, 1.54) is 0 Å². The van der Waals surface area contributed by atoms with E-state index in [4.69, 9.17) is 27.9 Å². The fraction of sp³-hybridized carbons (Fsp3) is 0.429. The van der Waals surface area contributed by atoms with Gasteiger partial charge in [0.05, 0.1) is 28.0 Å². The number of carbonyl (C=O) groups excluding carboxylic acids is 2. The Balaban J connectivity index is 1.75. The molecule has 0 unspecified atom stereocenters. The zero-order chi connectivity index (χ0) is 17.0. The zero-order valence-corrected chi connectivity index (χ0v) is 14.4. The van der Waals surface area contributed by atoms with Crippen LogP contribution in [0, 0.1) is 0 Å². The van der Waals surface area contributed by atoms with Crippen LogP contribution in [-0.2, 0) is 30.6 Å². The van der Waals surface area contributed by atoms with Crippen LogP contribution in [0.2, 0.25) is 10.0 Å². The molecule has 1 aromatic rings. The number of amides is 1. The Hall–Kier alpha value is -1.31. The highest BCUT2D eigenvalue weighted by atomic mass is 35.5. The van der Waals surface area contributed by atoms with E-state index in [1.54, 1.807) is 18.2 Å². The number of hydrogen-bond donors (Lipinski definition) is 1. The average molecular weight is 380 g/mol. The summed E-state index contributed by atoms with van der Waals surface area (Å²) in [5, 5.41) is 3.25. The summed E-state index contributed by atoms with van der Waals surface area (Å²) in [6.45, 7) is -0.448.